The van der Waals surface area contributed by atoms with Crippen LogP contribution in [-0.2, 0) is 32.1 Å². The summed E-state index contributed by atoms with van der Waals surface area (Å²) in [7, 11) is 0. The maximum atomic E-state index is 13.8. The first-order valence-corrected chi connectivity index (χ1v) is 16.7. The van der Waals surface area contributed by atoms with Crippen LogP contribution in [0.2, 0.25) is 0 Å². The van der Waals surface area contributed by atoms with Crippen LogP contribution in [0.1, 0.15) is 56.4 Å². The van der Waals surface area contributed by atoms with Gasteiger partial charge in [-0.15, -0.1) is 5.10 Å². The smallest absolute Gasteiger partial charge is 0.260 e. The summed E-state index contributed by atoms with van der Waals surface area (Å²) in [6.45, 7) is 6.25. The van der Waals surface area contributed by atoms with Gasteiger partial charge in [-0.3, -0.25) is 19.2 Å². The van der Waals surface area contributed by atoms with Gasteiger partial charge in [-0.05, 0) is 65.9 Å². The zero-order chi connectivity index (χ0) is 35.5. The molecule has 0 fully saturated rings. The zero-order valence-corrected chi connectivity index (χ0v) is 28.5. The van der Waals surface area contributed by atoms with Gasteiger partial charge in [-0.1, -0.05) is 44.2 Å². The van der Waals surface area contributed by atoms with Crippen molar-refractivity contribution < 1.29 is 23.9 Å². The summed E-state index contributed by atoms with van der Waals surface area (Å²) in [6.07, 6.45) is 2.69. The molecule has 0 unspecified atom stereocenters. The number of carbonyl (C=O) groups excluding carboxylic acids is 4. The molecule has 16 heteroatoms. The number of aryl methyl sites for hydroxylation is 1. The van der Waals surface area contributed by atoms with Gasteiger partial charge in [0.15, 0.2) is 12.4 Å². The van der Waals surface area contributed by atoms with Crippen LogP contribution in [-0.4, -0.2) is 95.8 Å². The summed E-state index contributed by atoms with van der Waals surface area (Å²) in [5, 5.41) is 24.4. The molecule has 264 valence electrons. The van der Waals surface area contributed by atoms with Crippen LogP contribution >= 0.6 is 0 Å². The second kappa shape index (κ2) is 17.1. The monoisotopic (exact) mass is 685 g/mol. The molecule has 5 rings (SSSR count). The number of nitrogens with zero attached hydrogens (tertiary/aromatic N) is 8. The SMILES string of the molecule is Cc1nc2n(n1)CC(=O)NCCCN(C(=O)COc1ccc(-n3cnnn3)cc1)CCCC(=O)N[C@H](Cc1ccccc1)C(=O)N[C@H]2C(C)C. The molecule has 0 saturated carbocycles. The quantitative estimate of drug-likeness (QED) is 0.256. The molecule has 2 aromatic heterocycles. The molecule has 2 atom stereocenters. The molecule has 2 aromatic carbocycles. The molecule has 4 amide bonds. The van der Waals surface area contributed by atoms with Crippen LogP contribution < -0.4 is 20.7 Å². The van der Waals surface area contributed by atoms with E-state index in [-0.39, 0.29) is 62.1 Å². The Morgan fingerprint density at radius 2 is 1.74 bits per heavy atom. The van der Waals surface area contributed by atoms with E-state index in [1.165, 1.54) is 15.7 Å². The van der Waals surface area contributed by atoms with Crippen LogP contribution in [0.15, 0.2) is 60.9 Å². The van der Waals surface area contributed by atoms with Crippen molar-refractivity contribution in [2.75, 3.05) is 26.2 Å². The van der Waals surface area contributed by atoms with Crippen LogP contribution in [0.25, 0.3) is 5.69 Å². The lowest BCUT2D eigenvalue weighted by Crippen LogP contribution is -2.50. The second-order valence-corrected chi connectivity index (χ2v) is 12.4. The number of tetrazole rings is 1. The highest BCUT2D eigenvalue weighted by Gasteiger charge is 2.30. The molecular weight excluding hydrogens is 642 g/mol. The van der Waals surface area contributed by atoms with Gasteiger partial charge >= 0.3 is 0 Å². The predicted molar refractivity (Wildman–Crippen MR) is 181 cm³/mol. The van der Waals surface area contributed by atoms with E-state index in [2.05, 4.69) is 41.6 Å². The summed E-state index contributed by atoms with van der Waals surface area (Å²) in [5.74, 6) is 0.104. The van der Waals surface area contributed by atoms with Gasteiger partial charge in [0.1, 0.15) is 30.5 Å². The number of amides is 4. The fourth-order valence-electron chi connectivity index (χ4n) is 5.62. The van der Waals surface area contributed by atoms with E-state index in [4.69, 9.17) is 4.74 Å². The van der Waals surface area contributed by atoms with Crippen LogP contribution in [0.4, 0.5) is 0 Å². The molecule has 3 heterocycles. The summed E-state index contributed by atoms with van der Waals surface area (Å²) in [6, 6.07) is 15.0. The number of fused-ring (bicyclic) bond motifs is 1. The van der Waals surface area contributed by atoms with Crippen molar-refractivity contribution in [1.82, 2.24) is 55.8 Å². The first-order chi connectivity index (χ1) is 24.2. The van der Waals surface area contributed by atoms with E-state index in [1.54, 1.807) is 36.1 Å². The van der Waals surface area contributed by atoms with Gasteiger partial charge in [0.25, 0.3) is 5.91 Å². The van der Waals surface area contributed by atoms with Crippen LogP contribution in [0.5, 0.6) is 5.75 Å². The first kappa shape index (κ1) is 35.6. The number of carbonyl (C=O) groups is 4. The average molecular weight is 686 g/mol. The minimum Gasteiger partial charge on any atom is -0.484 e. The fraction of sp³-hybridized carbons (Fsp3) is 0.441. The molecule has 1 aliphatic heterocycles. The van der Waals surface area contributed by atoms with Crippen molar-refractivity contribution in [3.8, 4) is 11.4 Å². The lowest BCUT2D eigenvalue weighted by Gasteiger charge is -2.26. The Labute approximate surface area is 290 Å². The van der Waals surface area contributed by atoms with Crippen molar-refractivity contribution in [2.24, 2.45) is 5.92 Å². The Morgan fingerprint density at radius 1 is 0.980 bits per heavy atom. The van der Waals surface area contributed by atoms with E-state index < -0.39 is 12.1 Å². The lowest BCUT2D eigenvalue weighted by molar-refractivity contribution is -0.134. The molecule has 0 bridgehead atoms. The Bertz CT molecular complexity index is 1730. The number of benzene rings is 2. The second-order valence-electron chi connectivity index (χ2n) is 12.4. The third kappa shape index (κ3) is 9.93. The standard InChI is InChI=1S/C34H43N11O5/c1-23(2)32-33-37-24(3)40-44(33)20-30(47)35-16-8-18-43(31(48)21-50-27-14-12-26(13-15-27)45-22-36-41-42-45)17-7-11-29(46)38-28(34(49)39-32)19-25-9-5-4-6-10-25/h4-6,9-10,12-15,22-23,28,32H,7-8,11,16-21H2,1-3H3,(H,35,47)(H,38,46)(H,39,49)/t28-,32+/m1/s1. The van der Waals surface area contributed by atoms with Gasteiger partial charge in [-0.25, -0.2) is 14.3 Å². The van der Waals surface area contributed by atoms with E-state index in [9.17, 15) is 19.2 Å². The maximum absolute atomic E-state index is 13.8. The van der Waals surface area contributed by atoms with Crippen LogP contribution in [0.3, 0.4) is 0 Å². The highest BCUT2D eigenvalue weighted by Crippen LogP contribution is 2.21. The molecule has 4 aromatic rings. The molecule has 0 saturated heterocycles. The maximum Gasteiger partial charge on any atom is 0.260 e. The molecule has 0 radical (unpaired) electrons. The normalized spacial score (nSPS) is 18.3. The highest BCUT2D eigenvalue weighted by molar-refractivity contribution is 5.88. The van der Waals surface area contributed by atoms with Gasteiger partial charge in [0.05, 0.1) is 11.7 Å². The van der Waals surface area contributed by atoms with Gasteiger partial charge < -0.3 is 25.6 Å². The van der Waals surface area contributed by atoms with Crippen molar-refractivity contribution in [2.45, 2.75) is 65.1 Å². The van der Waals surface area contributed by atoms with Crippen molar-refractivity contribution in [1.29, 1.82) is 0 Å². The zero-order valence-electron chi connectivity index (χ0n) is 28.5. The Hall–Kier alpha value is -5.67. The summed E-state index contributed by atoms with van der Waals surface area (Å²) < 4.78 is 8.79. The third-order valence-corrected chi connectivity index (χ3v) is 8.20. The van der Waals surface area contributed by atoms with Crippen molar-refractivity contribution in [3.63, 3.8) is 0 Å². The van der Waals surface area contributed by atoms with Gasteiger partial charge in [-0.2, -0.15) is 5.10 Å². The number of rotatable bonds is 7. The average Bonchev–Trinajstić information content (AvgIpc) is 3.77. The summed E-state index contributed by atoms with van der Waals surface area (Å²) in [5.41, 5.74) is 1.62. The van der Waals surface area contributed by atoms with Crippen LogP contribution in [0, 0.1) is 12.8 Å². The topological polar surface area (TPSA) is 191 Å². The number of aromatic nitrogens is 7. The molecular formula is C34H43N11O5. The minimum absolute atomic E-state index is 0.0907. The number of hydrogen-bond donors (Lipinski definition) is 3. The molecule has 0 aliphatic carbocycles. The minimum atomic E-state index is -0.871. The molecule has 16 nitrogen and oxygen atoms in total. The van der Waals surface area contributed by atoms with E-state index in [0.29, 0.717) is 43.3 Å². The van der Waals surface area contributed by atoms with E-state index >= 15 is 0 Å². The lowest BCUT2D eigenvalue weighted by atomic mass is 10.0. The number of hydrogen-bond acceptors (Lipinski definition) is 10. The molecule has 3 N–H and O–H groups in total. The third-order valence-electron chi connectivity index (χ3n) is 8.20. The Balaban J connectivity index is 1.30. The van der Waals surface area contributed by atoms with Gasteiger partial charge in [0.2, 0.25) is 17.7 Å². The number of nitrogens with one attached hydrogen (secondary N) is 3. The molecule has 0 spiro atoms. The Morgan fingerprint density at radius 3 is 2.46 bits per heavy atom. The van der Waals surface area contributed by atoms with Crippen molar-refractivity contribution >= 4 is 23.6 Å². The molecule has 50 heavy (non-hydrogen) atoms. The van der Waals surface area contributed by atoms with E-state index in [1.807, 2.05) is 44.2 Å². The van der Waals surface area contributed by atoms with E-state index in [0.717, 1.165) is 11.3 Å². The largest absolute Gasteiger partial charge is 0.484 e. The highest BCUT2D eigenvalue weighted by atomic mass is 16.5. The molecule has 1 aliphatic rings. The first-order valence-electron chi connectivity index (χ1n) is 16.7. The summed E-state index contributed by atoms with van der Waals surface area (Å²) in [4.78, 5) is 59.6. The fourth-order valence-corrected chi connectivity index (χ4v) is 5.62. The predicted octanol–water partition coefficient (Wildman–Crippen LogP) is 1.31. The summed E-state index contributed by atoms with van der Waals surface area (Å²) >= 11 is 0. The number of ether oxygens (including phenoxy) is 1. The van der Waals surface area contributed by atoms with Crippen molar-refractivity contribution in [3.05, 3.63) is 78.1 Å². The van der Waals surface area contributed by atoms with Gasteiger partial charge in [0, 0.05) is 32.5 Å². The Kier molecular flexibility index (Phi) is 12.2.